The largest absolute Gasteiger partial charge is 0.399 e. The molecular formula is C14H18N2O. The Labute approximate surface area is 101 Å². The number of benzene rings is 1. The summed E-state index contributed by atoms with van der Waals surface area (Å²) >= 11 is 0. The number of fused-ring (bicyclic) bond motifs is 1. The fraction of sp³-hybridized carbons (Fsp3) is 0.500. The van der Waals surface area contributed by atoms with Crippen LogP contribution in [0.4, 0.5) is 5.69 Å². The van der Waals surface area contributed by atoms with Crippen molar-refractivity contribution in [1.29, 1.82) is 0 Å². The Morgan fingerprint density at radius 1 is 1.24 bits per heavy atom. The van der Waals surface area contributed by atoms with Crippen LogP contribution in [0.15, 0.2) is 24.3 Å². The van der Waals surface area contributed by atoms with Gasteiger partial charge >= 0.3 is 0 Å². The quantitative estimate of drug-likeness (QED) is 0.780. The molecule has 1 aromatic carbocycles. The minimum absolute atomic E-state index is 0.247. The zero-order valence-corrected chi connectivity index (χ0v) is 9.86. The van der Waals surface area contributed by atoms with Gasteiger partial charge in [-0.3, -0.25) is 4.79 Å². The minimum atomic E-state index is 0.247. The van der Waals surface area contributed by atoms with Crippen molar-refractivity contribution in [1.82, 2.24) is 5.32 Å². The lowest BCUT2D eigenvalue weighted by atomic mass is 10.1. The van der Waals surface area contributed by atoms with Crippen molar-refractivity contribution in [2.75, 3.05) is 5.73 Å². The lowest BCUT2D eigenvalue weighted by Gasteiger charge is -2.06. The first-order valence-electron chi connectivity index (χ1n) is 6.38. The van der Waals surface area contributed by atoms with E-state index in [0.717, 1.165) is 11.3 Å². The van der Waals surface area contributed by atoms with Crippen molar-refractivity contribution >= 4 is 11.6 Å². The van der Waals surface area contributed by atoms with Gasteiger partial charge in [0.2, 0.25) is 5.91 Å². The molecule has 2 unspecified atom stereocenters. The predicted octanol–water partition coefficient (Wildman–Crippen LogP) is 1.93. The van der Waals surface area contributed by atoms with E-state index in [1.54, 1.807) is 0 Å². The van der Waals surface area contributed by atoms with Gasteiger partial charge < -0.3 is 11.1 Å². The number of nitrogen functional groups attached to an aromatic ring is 1. The third-order valence-electron chi connectivity index (χ3n) is 4.16. The molecule has 0 radical (unpaired) electrons. The molecule has 0 aromatic heterocycles. The predicted molar refractivity (Wildman–Crippen MR) is 67.0 cm³/mol. The lowest BCUT2D eigenvalue weighted by molar-refractivity contribution is -0.123. The fourth-order valence-electron chi connectivity index (χ4n) is 3.15. The highest BCUT2D eigenvalue weighted by Gasteiger charge is 2.56. The SMILES string of the molecule is Nc1ccc(CNC(=O)C2C3CCCC32)cc1. The summed E-state index contributed by atoms with van der Waals surface area (Å²) in [6.45, 7) is 0.620. The molecule has 2 atom stereocenters. The summed E-state index contributed by atoms with van der Waals surface area (Å²) in [4.78, 5) is 11.9. The molecule has 3 heteroatoms. The van der Waals surface area contributed by atoms with Crippen LogP contribution in [0.5, 0.6) is 0 Å². The van der Waals surface area contributed by atoms with Crippen LogP contribution in [0, 0.1) is 17.8 Å². The van der Waals surface area contributed by atoms with Crippen LogP contribution in [0.1, 0.15) is 24.8 Å². The number of nitrogens with two attached hydrogens (primary N) is 1. The van der Waals surface area contributed by atoms with Gasteiger partial charge in [0.25, 0.3) is 0 Å². The van der Waals surface area contributed by atoms with E-state index >= 15 is 0 Å². The van der Waals surface area contributed by atoms with Crippen molar-refractivity contribution in [3.63, 3.8) is 0 Å². The molecule has 2 aliphatic rings. The first-order valence-corrected chi connectivity index (χ1v) is 6.38. The van der Waals surface area contributed by atoms with Crippen molar-refractivity contribution in [2.45, 2.75) is 25.8 Å². The number of hydrogen-bond acceptors (Lipinski definition) is 2. The van der Waals surface area contributed by atoms with Crippen LogP contribution < -0.4 is 11.1 Å². The Morgan fingerprint density at radius 3 is 2.53 bits per heavy atom. The highest BCUT2D eigenvalue weighted by Crippen LogP contribution is 2.57. The molecule has 1 amide bonds. The Hall–Kier alpha value is -1.51. The van der Waals surface area contributed by atoms with E-state index in [-0.39, 0.29) is 5.91 Å². The highest BCUT2D eigenvalue weighted by molar-refractivity contribution is 5.82. The van der Waals surface area contributed by atoms with Crippen molar-refractivity contribution < 1.29 is 4.79 Å². The molecule has 3 nitrogen and oxygen atoms in total. The summed E-state index contributed by atoms with van der Waals surface area (Å²) in [6.07, 6.45) is 3.83. The third kappa shape index (κ3) is 2.02. The smallest absolute Gasteiger partial charge is 0.223 e. The molecule has 3 N–H and O–H groups in total. The van der Waals surface area contributed by atoms with Crippen LogP contribution in [0.25, 0.3) is 0 Å². The molecule has 17 heavy (non-hydrogen) atoms. The summed E-state index contributed by atoms with van der Waals surface area (Å²) in [5.74, 6) is 1.96. The van der Waals surface area contributed by atoms with Crippen LogP contribution in [-0.4, -0.2) is 5.91 Å². The number of nitrogens with one attached hydrogen (secondary N) is 1. The summed E-state index contributed by atoms with van der Waals surface area (Å²) < 4.78 is 0. The maximum Gasteiger partial charge on any atom is 0.223 e. The van der Waals surface area contributed by atoms with E-state index in [1.807, 2.05) is 24.3 Å². The van der Waals surface area contributed by atoms with Crippen LogP contribution >= 0.6 is 0 Å². The number of rotatable bonds is 3. The second kappa shape index (κ2) is 4.06. The molecule has 0 saturated heterocycles. The van der Waals surface area contributed by atoms with Crippen LogP contribution in [-0.2, 0) is 11.3 Å². The molecule has 2 saturated carbocycles. The zero-order valence-electron chi connectivity index (χ0n) is 9.86. The van der Waals surface area contributed by atoms with Crippen LogP contribution in [0.2, 0.25) is 0 Å². The Kier molecular flexibility index (Phi) is 2.54. The molecule has 1 aromatic rings. The van der Waals surface area contributed by atoms with Gasteiger partial charge in [-0.05, 0) is 42.4 Å². The summed E-state index contributed by atoms with van der Waals surface area (Å²) in [5, 5.41) is 3.03. The number of anilines is 1. The van der Waals surface area contributed by atoms with E-state index in [2.05, 4.69) is 5.32 Å². The summed E-state index contributed by atoms with van der Waals surface area (Å²) in [5.41, 5.74) is 7.49. The van der Waals surface area contributed by atoms with E-state index in [0.29, 0.717) is 24.3 Å². The molecule has 0 bridgehead atoms. The standard InChI is InChI=1S/C14H18N2O/c15-10-6-4-9(5-7-10)8-16-14(17)13-11-2-1-3-12(11)13/h4-7,11-13H,1-3,8,15H2,(H,16,17). The number of hydrogen-bond donors (Lipinski definition) is 2. The summed E-state index contributed by atoms with van der Waals surface area (Å²) in [7, 11) is 0. The average Bonchev–Trinajstić information content (AvgIpc) is 2.82. The van der Waals surface area contributed by atoms with Gasteiger partial charge in [0.05, 0.1) is 0 Å². The topological polar surface area (TPSA) is 55.1 Å². The lowest BCUT2D eigenvalue weighted by Crippen LogP contribution is -2.26. The van der Waals surface area contributed by atoms with Crippen LogP contribution in [0.3, 0.4) is 0 Å². The molecule has 2 fully saturated rings. The molecule has 90 valence electrons. The maximum atomic E-state index is 11.9. The second-order valence-electron chi connectivity index (χ2n) is 5.24. The minimum Gasteiger partial charge on any atom is -0.399 e. The maximum absolute atomic E-state index is 11.9. The first kappa shape index (κ1) is 10.6. The Balaban J connectivity index is 1.51. The average molecular weight is 230 g/mol. The number of carbonyl (C=O) groups is 1. The second-order valence-corrected chi connectivity index (χ2v) is 5.24. The number of carbonyl (C=O) groups excluding carboxylic acids is 1. The number of amides is 1. The van der Waals surface area contributed by atoms with Gasteiger partial charge in [0, 0.05) is 18.2 Å². The molecule has 2 aliphatic carbocycles. The van der Waals surface area contributed by atoms with Crippen molar-refractivity contribution in [3.8, 4) is 0 Å². The third-order valence-corrected chi connectivity index (χ3v) is 4.16. The van der Waals surface area contributed by atoms with Gasteiger partial charge in [0.1, 0.15) is 0 Å². The van der Waals surface area contributed by atoms with E-state index in [1.165, 1.54) is 19.3 Å². The van der Waals surface area contributed by atoms with Crippen molar-refractivity contribution in [3.05, 3.63) is 29.8 Å². The molecule has 3 rings (SSSR count). The van der Waals surface area contributed by atoms with Gasteiger partial charge in [0.15, 0.2) is 0 Å². The molecular weight excluding hydrogens is 212 g/mol. The van der Waals surface area contributed by atoms with Gasteiger partial charge in [-0.25, -0.2) is 0 Å². The monoisotopic (exact) mass is 230 g/mol. The Bertz CT molecular complexity index is 416. The van der Waals surface area contributed by atoms with E-state index < -0.39 is 0 Å². The van der Waals surface area contributed by atoms with E-state index in [4.69, 9.17) is 5.73 Å². The normalized spacial score (nSPS) is 29.8. The molecule has 0 spiro atoms. The Morgan fingerprint density at radius 2 is 1.88 bits per heavy atom. The van der Waals surface area contributed by atoms with Crippen molar-refractivity contribution in [2.24, 2.45) is 17.8 Å². The summed E-state index contributed by atoms with van der Waals surface area (Å²) in [6, 6.07) is 7.66. The zero-order chi connectivity index (χ0) is 11.8. The van der Waals surface area contributed by atoms with Gasteiger partial charge in [-0.2, -0.15) is 0 Å². The fourth-order valence-corrected chi connectivity index (χ4v) is 3.15. The van der Waals surface area contributed by atoms with Gasteiger partial charge in [-0.15, -0.1) is 0 Å². The molecule has 0 aliphatic heterocycles. The first-order chi connectivity index (χ1) is 8.25. The molecule has 0 heterocycles. The highest BCUT2D eigenvalue weighted by atomic mass is 16.2. The van der Waals surface area contributed by atoms with E-state index in [9.17, 15) is 4.79 Å². The van der Waals surface area contributed by atoms with Gasteiger partial charge in [-0.1, -0.05) is 18.6 Å².